The molecular formula is C23H19F3N2O3. The van der Waals surface area contributed by atoms with E-state index in [4.69, 9.17) is 9.47 Å². The lowest BCUT2D eigenvalue weighted by Crippen LogP contribution is -2.38. The van der Waals surface area contributed by atoms with Gasteiger partial charge in [-0.2, -0.15) is 13.2 Å². The summed E-state index contributed by atoms with van der Waals surface area (Å²) < 4.78 is 49.2. The number of carbonyl (C=O) groups excluding carboxylic acids is 1. The normalized spacial score (nSPS) is 15.5. The quantitative estimate of drug-likeness (QED) is 0.590. The SMILES string of the molecule is COc1cc(C2NC(=O)c3ccccc3N2)ccc1OCc1ccc(C(F)(F)F)cc1. The molecule has 0 saturated carbocycles. The van der Waals surface area contributed by atoms with Gasteiger partial charge in [-0.05, 0) is 47.5 Å². The summed E-state index contributed by atoms with van der Waals surface area (Å²) in [7, 11) is 1.49. The van der Waals surface area contributed by atoms with Crippen molar-refractivity contribution in [1.82, 2.24) is 5.32 Å². The second kappa shape index (κ2) is 8.22. The smallest absolute Gasteiger partial charge is 0.416 e. The number of carbonyl (C=O) groups is 1. The zero-order chi connectivity index (χ0) is 22.0. The number of hydrogen-bond acceptors (Lipinski definition) is 4. The van der Waals surface area contributed by atoms with E-state index in [-0.39, 0.29) is 12.5 Å². The molecule has 1 amide bonds. The summed E-state index contributed by atoms with van der Waals surface area (Å²) in [5.41, 5.74) is 1.96. The van der Waals surface area contributed by atoms with Gasteiger partial charge < -0.3 is 20.1 Å². The first-order valence-electron chi connectivity index (χ1n) is 9.48. The van der Waals surface area contributed by atoms with Gasteiger partial charge >= 0.3 is 6.18 Å². The van der Waals surface area contributed by atoms with Crippen LogP contribution in [0.1, 0.15) is 33.2 Å². The highest BCUT2D eigenvalue weighted by atomic mass is 19.4. The Morgan fingerprint density at radius 1 is 0.935 bits per heavy atom. The minimum absolute atomic E-state index is 0.0830. The van der Waals surface area contributed by atoms with Gasteiger partial charge in [-0.1, -0.05) is 30.3 Å². The van der Waals surface area contributed by atoms with E-state index in [0.717, 1.165) is 23.4 Å². The average Bonchev–Trinajstić information content (AvgIpc) is 2.77. The highest BCUT2D eigenvalue weighted by Gasteiger charge is 2.30. The van der Waals surface area contributed by atoms with Crippen molar-refractivity contribution in [3.63, 3.8) is 0 Å². The van der Waals surface area contributed by atoms with Gasteiger partial charge in [0.25, 0.3) is 5.91 Å². The van der Waals surface area contributed by atoms with Crippen LogP contribution in [0.4, 0.5) is 18.9 Å². The lowest BCUT2D eigenvalue weighted by Gasteiger charge is -2.28. The van der Waals surface area contributed by atoms with E-state index in [1.807, 2.05) is 12.1 Å². The van der Waals surface area contributed by atoms with Gasteiger partial charge in [-0.3, -0.25) is 4.79 Å². The number of para-hydroxylation sites is 1. The molecule has 0 fully saturated rings. The highest BCUT2D eigenvalue weighted by Crippen LogP contribution is 2.34. The number of halogens is 3. The number of amides is 1. The molecule has 5 nitrogen and oxygen atoms in total. The van der Waals surface area contributed by atoms with Crippen molar-refractivity contribution >= 4 is 11.6 Å². The van der Waals surface area contributed by atoms with E-state index >= 15 is 0 Å². The van der Waals surface area contributed by atoms with Crippen LogP contribution >= 0.6 is 0 Å². The van der Waals surface area contributed by atoms with E-state index < -0.39 is 17.9 Å². The van der Waals surface area contributed by atoms with Crippen LogP contribution in [0.25, 0.3) is 0 Å². The van der Waals surface area contributed by atoms with Gasteiger partial charge in [0, 0.05) is 5.69 Å². The second-order valence-electron chi connectivity index (χ2n) is 6.99. The fourth-order valence-corrected chi connectivity index (χ4v) is 3.31. The van der Waals surface area contributed by atoms with E-state index in [1.165, 1.54) is 19.2 Å². The first-order valence-corrected chi connectivity index (χ1v) is 9.48. The summed E-state index contributed by atoms with van der Waals surface area (Å²) in [4.78, 5) is 12.4. The zero-order valence-corrected chi connectivity index (χ0v) is 16.5. The maximum Gasteiger partial charge on any atom is 0.416 e. The van der Waals surface area contributed by atoms with Crippen molar-refractivity contribution in [2.75, 3.05) is 12.4 Å². The van der Waals surface area contributed by atoms with Gasteiger partial charge in [0.2, 0.25) is 0 Å². The van der Waals surface area contributed by atoms with Crippen LogP contribution in [0.15, 0.2) is 66.7 Å². The summed E-state index contributed by atoms with van der Waals surface area (Å²) in [6.07, 6.45) is -4.82. The van der Waals surface area contributed by atoms with Crippen molar-refractivity contribution < 1.29 is 27.4 Å². The number of rotatable bonds is 5. The van der Waals surface area contributed by atoms with Crippen LogP contribution in [-0.2, 0) is 12.8 Å². The molecule has 0 aliphatic carbocycles. The van der Waals surface area contributed by atoms with E-state index in [9.17, 15) is 18.0 Å². The Balaban J connectivity index is 1.48. The molecular weight excluding hydrogens is 409 g/mol. The Labute approximate surface area is 176 Å². The Morgan fingerprint density at radius 2 is 1.68 bits per heavy atom. The number of benzene rings is 3. The molecule has 0 aromatic heterocycles. The molecule has 3 aromatic carbocycles. The number of ether oxygens (including phenoxy) is 2. The number of nitrogens with one attached hydrogen (secondary N) is 2. The largest absolute Gasteiger partial charge is 0.493 e. The van der Waals surface area contributed by atoms with E-state index in [0.29, 0.717) is 22.6 Å². The first kappa shape index (κ1) is 20.6. The molecule has 0 bridgehead atoms. The molecule has 1 unspecified atom stereocenters. The Bertz CT molecular complexity index is 1100. The third-order valence-corrected chi connectivity index (χ3v) is 4.94. The fourth-order valence-electron chi connectivity index (χ4n) is 3.31. The number of fused-ring (bicyclic) bond motifs is 1. The maximum absolute atomic E-state index is 12.7. The minimum Gasteiger partial charge on any atom is -0.493 e. The zero-order valence-electron chi connectivity index (χ0n) is 16.5. The predicted molar refractivity (Wildman–Crippen MR) is 109 cm³/mol. The standard InChI is InChI=1S/C23H19F3N2O3/c1-30-20-12-15(21-27-18-5-3-2-4-17(18)22(29)28-21)8-11-19(20)31-13-14-6-9-16(10-7-14)23(24,25)26/h2-12,21,27H,13H2,1H3,(H,28,29). The lowest BCUT2D eigenvalue weighted by atomic mass is 10.1. The summed E-state index contributed by atoms with van der Waals surface area (Å²) in [6, 6.07) is 17.3. The minimum atomic E-state index is -4.37. The lowest BCUT2D eigenvalue weighted by molar-refractivity contribution is -0.137. The van der Waals surface area contributed by atoms with Crippen LogP contribution in [0.3, 0.4) is 0 Å². The summed E-state index contributed by atoms with van der Waals surface area (Å²) in [5.74, 6) is 0.703. The molecule has 1 atom stereocenters. The molecule has 1 aliphatic rings. The number of alkyl halides is 3. The van der Waals surface area contributed by atoms with Crippen molar-refractivity contribution in [1.29, 1.82) is 0 Å². The van der Waals surface area contributed by atoms with Crippen LogP contribution < -0.4 is 20.1 Å². The third kappa shape index (κ3) is 4.42. The molecule has 2 N–H and O–H groups in total. The van der Waals surface area contributed by atoms with Crippen molar-refractivity contribution in [3.8, 4) is 11.5 Å². The number of anilines is 1. The molecule has 1 heterocycles. The topological polar surface area (TPSA) is 59.6 Å². The van der Waals surface area contributed by atoms with Crippen molar-refractivity contribution in [2.24, 2.45) is 0 Å². The summed E-state index contributed by atoms with van der Waals surface area (Å²) in [6.45, 7) is 0.0830. The molecule has 0 saturated heterocycles. The van der Waals surface area contributed by atoms with Gasteiger partial charge in [0.1, 0.15) is 12.8 Å². The molecule has 8 heteroatoms. The molecule has 160 valence electrons. The van der Waals surface area contributed by atoms with Crippen molar-refractivity contribution in [2.45, 2.75) is 18.9 Å². The first-order chi connectivity index (χ1) is 14.8. The van der Waals surface area contributed by atoms with Gasteiger partial charge in [0.15, 0.2) is 11.5 Å². The third-order valence-electron chi connectivity index (χ3n) is 4.94. The molecule has 0 spiro atoms. The Hall–Kier alpha value is -3.68. The number of hydrogen-bond donors (Lipinski definition) is 2. The monoisotopic (exact) mass is 428 g/mol. The Morgan fingerprint density at radius 3 is 2.39 bits per heavy atom. The summed E-state index contributed by atoms with van der Waals surface area (Å²) in [5, 5.41) is 6.17. The Kier molecular flexibility index (Phi) is 5.46. The highest BCUT2D eigenvalue weighted by molar-refractivity contribution is 6.01. The number of methoxy groups -OCH3 is 1. The molecule has 1 aliphatic heterocycles. The van der Waals surface area contributed by atoms with Gasteiger partial charge in [0.05, 0.1) is 18.2 Å². The van der Waals surface area contributed by atoms with Crippen LogP contribution in [-0.4, -0.2) is 13.0 Å². The van der Waals surface area contributed by atoms with Crippen LogP contribution in [0.5, 0.6) is 11.5 Å². The average molecular weight is 428 g/mol. The second-order valence-corrected chi connectivity index (χ2v) is 6.99. The molecule has 3 aromatic rings. The summed E-state index contributed by atoms with van der Waals surface area (Å²) >= 11 is 0. The van der Waals surface area contributed by atoms with E-state index in [2.05, 4.69) is 10.6 Å². The molecule has 31 heavy (non-hydrogen) atoms. The molecule has 4 rings (SSSR count). The van der Waals surface area contributed by atoms with Crippen LogP contribution in [0.2, 0.25) is 0 Å². The van der Waals surface area contributed by atoms with Gasteiger partial charge in [-0.25, -0.2) is 0 Å². The maximum atomic E-state index is 12.7. The van der Waals surface area contributed by atoms with Crippen molar-refractivity contribution in [3.05, 3.63) is 89.0 Å². The molecule has 0 radical (unpaired) electrons. The predicted octanol–water partition coefficient (Wildman–Crippen LogP) is 5.15. The van der Waals surface area contributed by atoms with Crippen LogP contribution in [0, 0.1) is 0 Å². The van der Waals surface area contributed by atoms with E-state index in [1.54, 1.807) is 30.3 Å². The fraction of sp³-hybridized carbons (Fsp3) is 0.174. The van der Waals surface area contributed by atoms with Gasteiger partial charge in [-0.15, -0.1) is 0 Å².